The largest absolute Gasteiger partial charge is 0.392 e. The highest BCUT2D eigenvalue weighted by Gasteiger charge is 2.38. The summed E-state index contributed by atoms with van der Waals surface area (Å²) in [6.45, 7) is 14.3. The van der Waals surface area contributed by atoms with Gasteiger partial charge in [-0.1, -0.05) is 66.9 Å². The molecule has 178 valence electrons. The maximum atomic E-state index is 11.0. The van der Waals surface area contributed by atoms with Gasteiger partial charge >= 0.3 is 0 Å². The Morgan fingerprint density at radius 1 is 1.23 bits per heavy atom. The lowest BCUT2D eigenvalue weighted by molar-refractivity contribution is 0.0855. The van der Waals surface area contributed by atoms with E-state index in [9.17, 15) is 10.2 Å². The zero-order valence-corrected chi connectivity index (χ0v) is 21.7. The van der Waals surface area contributed by atoms with Crippen molar-refractivity contribution in [3.8, 4) is 0 Å². The first-order valence-corrected chi connectivity index (χ1v) is 12.8. The van der Waals surface area contributed by atoms with Crippen LogP contribution in [-0.2, 0) is 17.8 Å². The summed E-state index contributed by atoms with van der Waals surface area (Å²) in [6.07, 6.45) is 9.39. The average Bonchev–Trinajstić information content (AvgIpc) is 2.79. The molecular weight excluding hydrogens is 406 g/mol. The molecule has 0 amide bonds. The number of hydrogen-bond donors (Lipinski definition) is 3. The van der Waals surface area contributed by atoms with Crippen LogP contribution in [0.15, 0.2) is 6.08 Å². The molecule has 4 nitrogen and oxygen atoms in total. The quantitative estimate of drug-likeness (QED) is 0.463. The topological polar surface area (TPSA) is 62.6 Å². The number of rotatable bonds is 5. The van der Waals surface area contributed by atoms with E-state index in [1.165, 1.54) is 18.4 Å². The Hall–Kier alpha value is -0.880. The van der Waals surface area contributed by atoms with Crippen LogP contribution in [-0.4, -0.2) is 34.7 Å². The van der Waals surface area contributed by atoms with Crippen molar-refractivity contribution < 1.29 is 14.9 Å². The number of fused-ring (bicyclic) bond motifs is 1. The zero-order valence-electron chi connectivity index (χ0n) is 20.8. The minimum absolute atomic E-state index is 0.0426. The summed E-state index contributed by atoms with van der Waals surface area (Å²) < 4.78 is 5.48. The van der Waals surface area contributed by atoms with Gasteiger partial charge in [-0.05, 0) is 48.0 Å². The lowest BCUT2D eigenvalue weighted by Crippen LogP contribution is -2.31. The molecule has 1 aromatic rings. The van der Waals surface area contributed by atoms with Crippen LogP contribution in [0.4, 0.5) is 0 Å². The van der Waals surface area contributed by atoms with E-state index < -0.39 is 6.10 Å². The third kappa shape index (κ3) is 7.05. The SMILES string of the molecule is CCC1(C)Cc2nc(C(C)C)c(CO)c(C3=CCOCC3)c2C(O)C1.CCCC.CS. The predicted molar refractivity (Wildman–Crippen MR) is 135 cm³/mol. The van der Waals surface area contributed by atoms with Crippen molar-refractivity contribution in [1.29, 1.82) is 0 Å². The molecule has 1 aliphatic carbocycles. The van der Waals surface area contributed by atoms with Crippen molar-refractivity contribution in [1.82, 2.24) is 4.98 Å². The second-order valence-corrected chi connectivity index (χ2v) is 9.14. The molecule has 2 unspecified atom stereocenters. The van der Waals surface area contributed by atoms with Gasteiger partial charge in [0.1, 0.15) is 0 Å². The van der Waals surface area contributed by atoms with Crippen molar-refractivity contribution in [2.45, 2.75) is 98.7 Å². The molecule has 0 radical (unpaired) electrons. The van der Waals surface area contributed by atoms with Crippen LogP contribution >= 0.6 is 12.6 Å². The predicted octanol–water partition coefficient (Wildman–Crippen LogP) is 6.25. The van der Waals surface area contributed by atoms with E-state index in [1.54, 1.807) is 6.26 Å². The monoisotopic (exact) mass is 451 g/mol. The highest BCUT2D eigenvalue weighted by atomic mass is 32.1. The Kier molecular flexibility index (Phi) is 12.4. The Bertz CT molecular complexity index is 715. The molecule has 0 aromatic carbocycles. The summed E-state index contributed by atoms with van der Waals surface area (Å²) in [6, 6.07) is 0. The van der Waals surface area contributed by atoms with E-state index in [4.69, 9.17) is 9.72 Å². The summed E-state index contributed by atoms with van der Waals surface area (Å²) in [4.78, 5) is 4.95. The van der Waals surface area contributed by atoms with Crippen molar-refractivity contribution in [2.24, 2.45) is 5.41 Å². The molecule has 2 aliphatic rings. The van der Waals surface area contributed by atoms with Crippen molar-refractivity contribution in [3.63, 3.8) is 0 Å². The Morgan fingerprint density at radius 3 is 2.32 bits per heavy atom. The maximum Gasteiger partial charge on any atom is 0.0819 e. The fraction of sp³-hybridized carbons (Fsp3) is 0.731. The molecule has 2 atom stereocenters. The molecule has 5 heteroatoms. The number of hydrogen-bond acceptors (Lipinski definition) is 5. The van der Waals surface area contributed by atoms with Crippen LogP contribution in [0, 0.1) is 5.41 Å². The van der Waals surface area contributed by atoms with Crippen LogP contribution in [0.25, 0.3) is 5.57 Å². The van der Waals surface area contributed by atoms with E-state index in [0.29, 0.717) is 13.2 Å². The number of aromatic nitrogens is 1. The molecule has 1 aliphatic heterocycles. The van der Waals surface area contributed by atoms with Gasteiger partial charge in [0.05, 0.1) is 25.9 Å². The molecule has 3 rings (SSSR count). The first-order chi connectivity index (χ1) is 14.8. The van der Waals surface area contributed by atoms with Gasteiger partial charge in [-0.25, -0.2) is 0 Å². The van der Waals surface area contributed by atoms with E-state index in [1.807, 2.05) is 0 Å². The van der Waals surface area contributed by atoms with Crippen LogP contribution < -0.4 is 0 Å². The fourth-order valence-corrected chi connectivity index (χ4v) is 4.27. The number of unbranched alkanes of at least 4 members (excludes halogenated alkanes) is 1. The third-order valence-corrected chi connectivity index (χ3v) is 6.40. The normalized spacial score (nSPS) is 22.5. The summed E-state index contributed by atoms with van der Waals surface area (Å²) in [5, 5.41) is 21.1. The summed E-state index contributed by atoms with van der Waals surface area (Å²) in [7, 11) is 0. The van der Waals surface area contributed by atoms with Crippen LogP contribution in [0.3, 0.4) is 0 Å². The van der Waals surface area contributed by atoms with E-state index >= 15 is 0 Å². The van der Waals surface area contributed by atoms with E-state index in [-0.39, 0.29) is 17.9 Å². The molecule has 1 aromatic heterocycles. The minimum atomic E-state index is -0.522. The molecule has 0 spiro atoms. The van der Waals surface area contributed by atoms with Gasteiger partial charge in [0.25, 0.3) is 0 Å². The van der Waals surface area contributed by atoms with Crippen molar-refractivity contribution in [3.05, 3.63) is 34.2 Å². The summed E-state index contributed by atoms with van der Waals surface area (Å²) in [5.41, 5.74) is 6.15. The Morgan fingerprint density at radius 2 is 1.87 bits per heavy atom. The van der Waals surface area contributed by atoms with Gasteiger partial charge in [-0.2, -0.15) is 12.6 Å². The van der Waals surface area contributed by atoms with Crippen LogP contribution in [0.2, 0.25) is 0 Å². The summed E-state index contributed by atoms with van der Waals surface area (Å²) in [5.74, 6) is 0.235. The minimum Gasteiger partial charge on any atom is -0.392 e. The fourth-order valence-electron chi connectivity index (χ4n) is 4.27. The number of nitrogens with zero attached hydrogens (tertiary/aromatic N) is 1. The first-order valence-electron chi connectivity index (χ1n) is 11.9. The van der Waals surface area contributed by atoms with Gasteiger partial charge in [0.15, 0.2) is 0 Å². The van der Waals surface area contributed by atoms with Gasteiger partial charge in [0.2, 0.25) is 0 Å². The average molecular weight is 452 g/mol. The molecule has 31 heavy (non-hydrogen) atoms. The lowest BCUT2D eigenvalue weighted by atomic mass is 9.69. The number of ether oxygens (including phenoxy) is 1. The third-order valence-electron chi connectivity index (χ3n) is 6.40. The lowest BCUT2D eigenvalue weighted by Gasteiger charge is -2.39. The molecule has 0 saturated heterocycles. The Labute approximate surface area is 195 Å². The molecular formula is C26H45NO3S. The molecule has 2 N–H and O–H groups in total. The molecule has 2 heterocycles. The van der Waals surface area contributed by atoms with E-state index in [0.717, 1.165) is 53.8 Å². The smallest absolute Gasteiger partial charge is 0.0819 e. The Balaban J connectivity index is 0.000000720. The van der Waals surface area contributed by atoms with Crippen LogP contribution in [0.1, 0.15) is 114 Å². The number of aliphatic hydroxyl groups excluding tert-OH is 2. The number of pyridine rings is 1. The summed E-state index contributed by atoms with van der Waals surface area (Å²) >= 11 is 3.53. The number of thiol groups is 1. The zero-order chi connectivity index (χ0) is 23.6. The first kappa shape index (κ1) is 28.2. The van der Waals surface area contributed by atoms with Gasteiger partial charge < -0.3 is 14.9 Å². The standard InChI is InChI=1S/C21H31NO3.C4H10.CH4S/c1-5-21(4)10-16-19(17(24)11-21)18(14-6-8-25-9-7-14)15(12-23)20(22-16)13(2)3;1-3-4-2;1-2/h6,13,17,23-24H,5,7-12H2,1-4H3;3-4H2,1-2H3;2H,1H3. The highest BCUT2D eigenvalue weighted by Crippen LogP contribution is 2.47. The van der Waals surface area contributed by atoms with Gasteiger partial charge in [0, 0.05) is 22.5 Å². The molecule has 0 saturated carbocycles. The highest BCUT2D eigenvalue weighted by molar-refractivity contribution is 7.79. The van der Waals surface area contributed by atoms with Gasteiger partial charge in [-0.15, -0.1) is 0 Å². The number of aliphatic hydroxyl groups is 2. The van der Waals surface area contributed by atoms with Crippen LogP contribution in [0.5, 0.6) is 0 Å². The van der Waals surface area contributed by atoms with Crippen molar-refractivity contribution >= 4 is 18.2 Å². The molecule has 0 bridgehead atoms. The molecule has 0 fully saturated rings. The van der Waals surface area contributed by atoms with E-state index in [2.05, 4.69) is 60.2 Å². The van der Waals surface area contributed by atoms with Crippen molar-refractivity contribution in [2.75, 3.05) is 19.5 Å². The second kappa shape index (κ2) is 13.6. The van der Waals surface area contributed by atoms with Gasteiger partial charge in [-0.3, -0.25) is 4.98 Å². The maximum absolute atomic E-state index is 11.0. The second-order valence-electron chi connectivity index (χ2n) is 9.14.